The van der Waals surface area contributed by atoms with Gasteiger partial charge in [-0.15, -0.1) is 0 Å². The molecule has 1 aliphatic rings. The van der Waals surface area contributed by atoms with Crippen molar-refractivity contribution in [2.75, 3.05) is 22.5 Å². The number of fused-ring (bicyclic) bond motifs is 1. The van der Waals surface area contributed by atoms with E-state index in [2.05, 4.69) is 35.2 Å². The second-order valence-corrected chi connectivity index (χ2v) is 10.6. The number of benzene rings is 3. The number of aryl methyl sites for hydroxylation is 3. The SMILES string of the molecule is Cc1cc2c(cc1Cl)N(C(=O)Nc1ccc(C)c(-c3cccnc3)c1)CC2.Cc1ccc(N)cc1-c1cccnc1. The molecular formula is C34H32ClN5O. The molecule has 3 heterocycles. The van der Waals surface area contributed by atoms with Gasteiger partial charge in [0.05, 0.1) is 5.69 Å². The molecule has 0 saturated heterocycles. The third kappa shape index (κ3) is 6.39. The van der Waals surface area contributed by atoms with Crippen LogP contribution in [-0.4, -0.2) is 22.5 Å². The highest BCUT2D eigenvalue weighted by Crippen LogP contribution is 2.34. The van der Waals surface area contributed by atoms with Gasteiger partial charge >= 0.3 is 6.03 Å². The molecule has 6 nitrogen and oxygen atoms in total. The van der Waals surface area contributed by atoms with Crippen LogP contribution >= 0.6 is 11.6 Å². The molecule has 3 aromatic carbocycles. The Kier molecular flexibility index (Phi) is 8.31. The number of nitrogens with two attached hydrogens (primary N) is 1. The number of nitrogen functional groups attached to an aromatic ring is 1. The van der Waals surface area contributed by atoms with Gasteiger partial charge in [-0.1, -0.05) is 41.9 Å². The Morgan fingerprint density at radius 2 is 1.46 bits per heavy atom. The lowest BCUT2D eigenvalue weighted by Crippen LogP contribution is -2.33. The maximum atomic E-state index is 12.9. The van der Waals surface area contributed by atoms with E-state index in [4.69, 9.17) is 17.3 Å². The molecule has 7 heteroatoms. The first-order valence-electron chi connectivity index (χ1n) is 13.5. The van der Waals surface area contributed by atoms with E-state index in [1.165, 1.54) is 5.56 Å². The Morgan fingerprint density at radius 1 is 0.829 bits per heavy atom. The molecule has 2 aromatic heterocycles. The summed E-state index contributed by atoms with van der Waals surface area (Å²) in [5.41, 5.74) is 17.1. The topological polar surface area (TPSA) is 84.1 Å². The number of carbonyl (C=O) groups is 1. The summed E-state index contributed by atoms with van der Waals surface area (Å²) in [5, 5.41) is 3.70. The first-order chi connectivity index (χ1) is 19.8. The Balaban J connectivity index is 0.000000202. The maximum absolute atomic E-state index is 12.9. The van der Waals surface area contributed by atoms with Crippen LogP contribution in [0.25, 0.3) is 22.3 Å². The summed E-state index contributed by atoms with van der Waals surface area (Å²) in [5.74, 6) is 0. The molecule has 0 radical (unpaired) electrons. The first-order valence-corrected chi connectivity index (χ1v) is 13.8. The third-order valence-corrected chi connectivity index (χ3v) is 7.60. The van der Waals surface area contributed by atoms with Crippen LogP contribution in [-0.2, 0) is 6.42 Å². The number of halogens is 1. The zero-order valence-corrected chi connectivity index (χ0v) is 24.1. The number of aromatic nitrogens is 2. The molecule has 0 unspecified atom stereocenters. The summed E-state index contributed by atoms with van der Waals surface area (Å²) in [6.07, 6.45) is 8.04. The maximum Gasteiger partial charge on any atom is 0.326 e. The first kappa shape index (κ1) is 27.9. The number of hydrogen-bond donors (Lipinski definition) is 2. The molecule has 0 fully saturated rings. The van der Waals surface area contributed by atoms with E-state index in [1.54, 1.807) is 17.3 Å². The van der Waals surface area contributed by atoms with Crippen molar-refractivity contribution in [3.63, 3.8) is 0 Å². The number of hydrogen-bond acceptors (Lipinski definition) is 4. The van der Waals surface area contributed by atoms with Gasteiger partial charge in [0.2, 0.25) is 0 Å². The number of anilines is 3. The van der Waals surface area contributed by atoms with Gasteiger partial charge in [0, 0.05) is 58.9 Å². The van der Waals surface area contributed by atoms with E-state index in [0.717, 1.165) is 62.4 Å². The van der Waals surface area contributed by atoms with E-state index in [0.29, 0.717) is 11.6 Å². The second kappa shape index (κ2) is 12.2. The van der Waals surface area contributed by atoms with Crippen molar-refractivity contribution in [3.05, 3.63) is 125 Å². The minimum absolute atomic E-state index is 0.144. The molecule has 2 amide bonds. The van der Waals surface area contributed by atoms with Crippen molar-refractivity contribution in [3.8, 4) is 22.3 Å². The second-order valence-electron chi connectivity index (χ2n) is 10.1. The molecule has 41 heavy (non-hydrogen) atoms. The van der Waals surface area contributed by atoms with E-state index in [1.807, 2.05) is 86.0 Å². The number of nitrogens with one attached hydrogen (secondary N) is 1. The van der Waals surface area contributed by atoms with Crippen molar-refractivity contribution >= 4 is 34.7 Å². The summed E-state index contributed by atoms with van der Waals surface area (Å²) in [4.78, 5) is 22.9. The van der Waals surface area contributed by atoms with Crippen LogP contribution in [0, 0.1) is 20.8 Å². The highest BCUT2D eigenvalue weighted by atomic mass is 35.5. The average molecular weight is 562 g/mol. The zero-order chi connectivity index (χ0) is 28.9. The molecule has 6 rings (SSSR count). The number of carbonyl (C=O) groups excluding carboxylic acids is 1. The van der Waals surface area contributed by atoms with Gasteiger partial charge in [-0.2, -0.15) is 0 Å². The van der Waals surface area contributed by atoms with Gasteiger partial charge in [-0.3, -0.25) is 14.9 Å². The molecule has 1 aliphatic heterocycles. The van der Waals surface area contributed by atoms with Gasteiger partial charge in [-0.05, 0) is 103 Å². The number of urea groups is 1. The van der Waals surface area contributed by atoms with Crippen LogP contribution in [0.2, 0.25) is 5.02 Å². The van der Waals surface area contributed by atoms with Crippen LogP contribution in [0.4, 0.5) is 21.9 Å². The molecule has 3 N–H and O–H groups in total. The van der Waals surface area contributed by atoms with Crippen molar-refractivity contribution < 1.29 is 4.79 Å². The fourth-order valence-corrected chi connectivity index (χ4v) is 5.10. The van der Waals surface area contributed by atoms with Gasteiger partial charge in [0.15, 0.2) is 0 Å². The van der Waals surface area contributed by atoms with E-state index in [-0.39, 0.29) is 6.03 Å². The van der Waals surface area contributed by atoms with Gasteiger partial charge in [-0.25, -0.2) is 4.79 Å². The smallest absolute Gasteiger partial charge is 0.326 e. The van der Waals surface area contributed by atoms with Crippen LogP contribution in [0.1, 0.15) is 22.3 Å². The van der Waals surface area contributed by atoms with E-state index in [9.17, 15) is 4.79 Å². The summed E-state index contributed by atoms with van der Waals surface area (Å²) >= 11 is 6.26. The Labute approximate surface area is 245 Å². The van der Waals surface area contributed by atoms with E-state index >= 15 is 0 Å². The van der Waals surface area contributed by atoms with Crippen LogP contribution in [0.3, 0.4) is 0 Å². The standard InChI is InChI=1S/C22H20ClN3O.C12H12N2/c1-14-5-6-18(11-19(14)17-4-3-8-24-13-17)25-22(27)26-9-7-16-10-15(2)20(23)12-21(16)26;1-9-4-5-11(13)7-12(9)10-3-2-6-14-8-10/h3-6,8,10-13H,7,9H2,1-2H3,(H,25,27);2-8H,13H2,1H3. The Bertz CT molecular complexity index is 1690. The fourth-order valence-electron chi connectivity index (χ4n) is 4.94. The Hall–Kier alpha value is -4.68. The molecule has 0 bridgehead atoms. The van der Waals surface area contributed by atoms with E-state index < -0.39 is 0 Å². The molecule has 5 aromatic rings. The highest BCUT2D eigenvalue weighted by Gasteiger charge is 2.25. The lowest BCUT2D eigenvalue weighted by Gasteiger charge is -2.19. The zero-order valence-electron chi connectivity index (χ0n) is 23.4. The molecular weight excluding hydrogens is 530 g/mol. The lowest BCUT2D eigenvalue weighted by atomic mass is 10.0. The van der Waals surface area contributed by atoms with Crippen LogP contribution < -0.4 is 16.0 Å². The summed E-state index contributed by atoms with van der Waals surface area (Å²) in [7, 11) is 0. The van der Waals surface area contributed by atoms with Crippen molar-refractivity contribution in [1.29, 1.82) is 0 Å². The highest BCUT2D eigenvalue weighted by molar-refractivity contribution is 6.31. The average Bonchev–Trinajstić information content (AvgIpc) is 3.39. The summed E-state index contributed by atoms with van der Waals surface area (Å²) < 4.78 is 0. The van der Waals surface area contributed by atoms with Crippen molar-refractivity contribution in [2.24, 2.45) is 0 Å². The van der Waals surface area contributed by atoms with Crippen molar-refractivity contribution in [1.82, 2.24) is 9.97 Å². The number of pyridine rings is 2. The molecule has 0 atom stereocenters. The lowest BCUT2D eigenvalue weighted by molar-refractivity contribution is 0.257. The number of nitrogens with zero attached hydrogens (tertiary/aromatic N) is 3. The minimum Gasteiger partial charge on any atom is -0.399 e. The predicted molar refractivity (Wildman–Crippen MR) is 169 cm³/mol. The largest absolute Gasteiger partial charge is 0.399 e. The van der Waals surface area contributed by atoms with Gasteiger partial charge < -0.3 is 11.1 Å². The molecule has 0 spiro atoms. The summed E-state index contributed by atoms with van der Waals surface area (Å²) in [6, 6.07) is 23.5. The predicted octanol–water partition coefficient (Wildman–Crippen LogP) is 8.25. The van der Waals surface area contributed by atoms with Crippen LogP contribution in [0.5, 0.6) is 0 Å². The quantitative estimate of drug-likeness (QED) is 0.217. The molecule has 0 aliphatic carbocycles. The van der Waals surface area contributed by atoms with Crippen molar-refractivity contribution in [2.45, 2.75) is 27.2 Å². The minimum atomic E-state index is -0.144. The van der Waals surface area contributed by atoms with Crippen LogP contribution in [0.15, 0.2) is 97.6 Å². The third-order valence-electron chi connectivity index (χ3n) is 7.20. The fraction of sp³-hybridized carbons (Fsp3) is 0.147. The normalized spacial score (nSPS) is 11.9. The summed E-state index contributed by atoms with van der Waals surface area (Å²) in [6.45, 7) is 6.76. The monoisotopic (exact) mass is 561 g/mol. The van der Waals surface area contributed by atoms with Gasteiger partial charge in [0.1, 0.15) is 0 Å². The molecule has 0 saturated carbocycles. The number of rotatable bonds is 3. The number of amides is 2. The van der Waals surface area contributed by atoms with Gasteiger partial charge in [0.25, 0.3) is 0 Å². The Morgan fingerprint density at radius 3 is 2.10 bits per heavy atom. The molecule has 206 valence electrons.